The summed E-state index contributed by atoms with van der Waals surface area (Å²) in [4.78, 5) is 12.4. The van der Waals surface area contributed by atoms with E-state index in [0.717, 1.165) is 22.2 Å². The molecule has 0 saturated carbocycles. The maximum Gasteiger partial charge on any atom is 0.241 e. The molecule has 0 saturated heterocycles. The average Bonchev–Trinajstić information content (AvgIpc) is 2.49. The lowest BCUT2D eigenvalue weighted by molar-refractivity contribution is -0.118. The molecule has 0 unspecified atom stereocenters. The Bertz CT molecular complexity index is 642. The minimum absolute atomic E-state index is 0.0311. The third-order valence-corrected chi connectivity index (χ3v) is 4.47. The summed E-state index contributed by atoms with van der Waals surface area (Å²) >= 11 is 2.23. The lowest BCUT2D eigenvalue weighted by Gasteiger charge is -2.25. The maximum absolute atomic E-state index is 12.4. The van der Waals surface area contributed by atoms with Crippen molar-refractivity contribution >= 4 is 34.2 Å². The number of carbonyl (C=O) groups is 1. The molecule has 0 spiro atoms. The zero-order valence-electron chi connectivity index (χ0n) is 10.9. The van der Waals surface area contributed by atoms with Crippen LogP contribution in [-0.4, -0.2) is 11.9 Å². The smallest absolute Gasteiger partial charge is 0.241 e. The first kappa shape index (κ1) is 13.6. The van der Waals surface area contributed by atoms with Gasteiger partial charge in [0.25, 0.3) is 0 Å². The molecule has 2 N–H and O–H groups in total. The second kappa shape index (κ2) is 5.93. The third-order valence-electron chi connectivity index (χ3n) is 3.53. The van der Waals surface area contributed by atoms with Gasteiger partial charge in [0.15, 0.2) is 0 Å². The summed E-state index contributed by atoms with van der Waals surface area (Å²) in [7, 11) is 0. The molecule has 2 aromatic rings. The Morgan fingerprint density at radius 1 is 1.10 bits per heavy atom. The molecule has 0 aromatic heterocycles. The monoisotopic (exact) mass is 378 g/mol. The Morgan fingerprint density at radius 3 is 2.60 bits per heavy atom. The molecule has 1 atom stereocenters. The van der Waals surface area contributed by atoms with Crippen molar-refractivity contribution in [1.29, 1.82) is 0 Å². The molecule has 102 valence electrons. The van der Waals surface area contributed by atoms with Crippen LogP contribution in [0.15, 0.2) is 48.5 Å². The average molecular weight is 378 g/mol. The van der Waals surface area contributed by atoms with E-state index in [1.807, 2.05) is 36.4 Å². The number of hydrogen-bond acceptors (Lipinski definition) is 2. The van der Waals surface area contributed by atoms with Gasteiger partial charge in [-0.1, -0.05) is 36.4 Å². The molecule has 1 aliphatic rings. The minimum Gasteiger partial charge on any atom is -0.324 e. The standard InChI is InChI=1S/C16H15IN2O/c17-13-7-3-4-8-14(13)19-16(20)15-9-11-5-1-2-6-12(11)10-18-15/h1-8,15,18H,9-10H2,(H,19,20)/t15-/m0/s1. The number of hydrogen-bond donors (Lipinski definition) is 2. The van der Waals surface area contributed by atoms with Crippen molar-refractivity contribution in [3.05, 3.63) is 63.2 Å². The first-order valence-corrected chi connectivity index (χ1v) is 7.67. The summed E-state index contributed by atoms with van der Waals surface area (Å²) in [6.07, 6.45) is 0.741. The summed E-state index contributed by atoms with van der Waals surface area (Å²) in [6, 6.07) is 15.9. The number of para-hydroxylation sites is 1. The Morgan fingerprint density at radius 2 is 1.80 bits per heavy atom. The molecule has 0 radical (unpaired) electrons. The Balaban J connectivity index is 1.72. The number of fused-ring (bicyclic) bond motifs is 1. The van der Waals surface area contributed by atoms with Crippen molar-refractivity contribution in [3.8, 4) is 0 Å². The van der Waals surface area contributed by atoms with Gasteiger partial charge in [-0.3, -0.25) is 4.79 Å². The van der Waals surface area contributed by atoms with Crippen LogP contribution in [0.4, 0.5) is 5.69 Å². The normalized spacial score (nSPS) is 17.4. The first-order valence-electron chi connectivity index (χ1n) is 6.59. The maximum atomic E-state index is 12.4. The molecular formula is C16H15IN2O. The highest BCUT2D eigenvalue weighted by molar-refractivity contribution is 14.1. The molecule has 3 nitrogen and oxygen atoms in total. The molecule has 1 amide bonds. The van der Waals surface area contributed by atoms with Crippen LogP contribution < -0.4 is 10.6 Å². The number of anilines is 1. The van der Waals surface area contributed by atoms with Gasteiger partial charge in [0, 0.05) is 10.1 Å². The summed E-state index contributed by atoms with van der Waals surface area (Å²) < 4.78 is 1.05. The van der Waals surface area contributed by atoms with Crippen LogP contribution in [0.3, 0.4) is 0 Å². The molecule has 2 aromatic carbocycles. The summed E-state index contributed by atoms with van der Waals surface area (Å²) in [5.74, 6) is 0.0311. The van der Waals surface area contributed by atoms with Crippen LogP contribution in [-0.2, 0) is 17.8 Å². The van der Waals surface area contributed by atoms with Crippen molar-refractivity contribution < 1.29 is 4.79 Å². The molecule has 1 aliphatic heterocycles. The van der Waals surface area contributed by atoms with E-state index in [-0.39, 0.29) is 11.9 Å². The SMILES string of the molecule is O=C(Nc1ccccc1I)[C@@H]1Cc2ccccc2CN1. The van der Waals surface area contributed by atoms with E-state index in [1.165, 1.54) is 11.1 Å². The summed E-state index contributed by atoms with van der Waals surface area (Å²) in [6.45, 7) is 0.750. The van der Waals surface area contributed by atoms with E-state index in [9.17, 15) is 4.79 Å². The largest absolute Gasteiger partial charge is 0.324 e. The van der Waals surface area contributed by atoms with Gasteiger partial charge in [-0.25, -0.2) is 0 Å². The van der Waals surface area contributed by atoms with E-state index in [4.69, 9.17) is 0 Å². The molecule has 1 heterocycles. The van der Waals surface area contributed by atoms with Gasteiger partial charge in [0.2, 0.25) is 5.91 Å². The van der Waals surface area contributed by atoms with Crippen molar-refractivity contribution in [2.45, 2.75) is 19.0 Å². The fourth-order valence-electron chi connectivity index (χ4n) is 2.42. The fourth-order valence-corrected chi connectivity index (χ4v) is 2.94. The predicted molar refractivity (Wildman–Crippen MR) is 88.6 cm³/mol. The lowest BCUT2D eigenvalue weighted by Crippen LogP contribution is -2.44. The van der Waals surface area contributed by atoms with Crippen molar-refractivity contribution in [2.75, 3.05) is 5.32 Å². The number of halogens is 1. The van der Waals surface area contributed by atoms with Gasteiger partial charge in [0.1, 0.15) is 0 Å². The van der Waals surface area contributed by atoms with E-state index >= 15 is 0 Å². The van der Waals surface area contributed by atoms with Crippen LogP contribution in [0, 0.1) is 3.57 Å². The molecule has 3 rings (SSSR count). The van der Waals surface area contributed by atoms with Crippen LogP contribution in [0.2, 0.25) is 0 Å². The third kappa shape index (κ3) is 2.86. The molecule has 0 bridgehead atoms. The van der Waals surface area contributed by atoms with Crippen LogP contribution in [0.25, 0.3) is 0 Å². The van der Waals surface area contributed by atoms with Gasteiger partial charge >= 0.3 is 0 Å². The minimum atomic E-state index is -0.166. The lowest BCUT2D eigenvalue weighted by atomic mass is 9.95. The summed E-state index contributed by atoms with van der Waals surface area (Å²) in [5.41, 5.74) is 3.42. The van der Waals surface area contributed by atoms with E-state index in [1.54, 1.807) is 0 Å². The van der Waals surface area contributed by atoms with E-state index < -0.39 is 0 Å². The van der Waals surface area contributed by atoms with Gasteiger partial charge in [-0.15, -0.1) is 0 Å². The quantitative estimate of drug-likeness (QED) is 0.790. The highest BCUT2D eigenvalue weighted by Crippen LogP contribution is 2.20. The first-order chi connectivity index (χ1) is 9.74. The zero-order chi connectivity index (χ0) is 13.9. The molecule has 0 fully saturated rings. The fraction of sp³-hybridized carbons (Fsp3) is 0.188. The Hall–Kier alpha value is -1.40. The second-order valence-electron chi connectivity index (χ2n) is 4.88. The van der Waals surface area contributed by atoms with E-state index in [2.05, 4.69) is 45.4 Å². The van der Waals surface area contributed by atoms with Crippen molar-refractivity contribution in [1.82, 2.24) is 5.32 Å². The van der Waals surface area contributed by atoms with Crippen LogP contribution >= 0.6 is 22.6 Å². The number of benzene rings is 2. The topological polar surface area (TPSA) is 41.1 Å². The van der Waals surface area contributed by atoms with Gasteiger partial charge < -0.3 is 10.6 Å². The number of carbonyl (C=O) groups excluding carboxylic acids is 1. The molecular weight excluding hydrogens is 363 g/mol. The predicted octanol–water partition coefficient (Wildman–Crippen LogP) is 2.94. The van der Waals surface area contributed by atoms with Gasteiger partial charge in [-0.05, 0) is 52.3 Å². The number of amides is 1. The van der Waals surface area contributed by atoms with E-state index in [0.29, 0.717) is 0 Å². The molecule has 4 heteroatoms. The number of nitrogens with one attached hydrogen (secondary N) is 2. The molecule has 0 aliphatic carbocycles. The van der Waals surface area contributed by atoms with Crippen LogP contribution in [0.5, 0.6) is 0 Å². The Kier molecular flexibility index (Phi) is 4.03. The summed E-state index contributed by atoms with van der Waals surface area (Å²) in [5, 5.41) is 6.30. The zero-order valence-corrected chi connectivity index (χ0v) is 13.1. The highest BCUT2D eigenvalue weighted by atomic mass is 127. The van der Waals surface area contributed by atoms with Crippen molar-refractivity contribution in [2.24, 2.45) is 0 Å². The second-order valence-corrected chi connectivity index (χ2v) is 6.04. The van der Waals surface area contributed by atoms with Crippen LogP contribution in [0.1, 0.15) is 11.1 Å². The molecule has 20 heavy (non-hydrogen) atoms. The number of rotatable bonds is 2. The van der Waals surface area contributed by atoms with Gasteiger partial charge in [0.05, 0.1) is 11.7 Å². The van der Waals surface area contributed by atoms with Crippen molar-refractivity contribution in [3.63, 3.8) is 0 Å². The highest BCUT2D eigenvalue weighted by Gasteiger charge is 2.24. The Labute approximate surface area is 131 Å². The van der Waals surface area contributed by atoms with Gasteiger partial charge in [-0.2, -0.15) is 0 Å².